The molecule has 1 atom stereocenters. The Kier molecular flexibility index (Phi) is 1.74. The predicted molar refractivity (Wildman–Crippen MR) is 55.0 cm³/mol. The fourth-order valence-electron chi connectivity index (χ4n) is 1.83. The average Bonchev–Trinajstić information content (AvgIpc) is 2.43. The van der Waals surface area contributed by atoms with Crippen LogP contribution in [0.15, 0.2) is 12.1 Å². The Balaban J connectivity index is 2.43. The zero-order chi connectivity index (χ0) is 9.69. The Labute approximate surface area is 87.0 Å². The van der Waals surface area contributed by atoms with E-state index in [2.05, 4.69) is 19.9 Å². The van der Waals surface area contributed by atoms with Crippen LogP contribution in [0.25, 0.3) is 0 Å². The third-order valence-corrected chi connectivity index (χ3v) is 4.32. The van der Waals surface area contributed by atoms with Crippen LogP contribution in [-0.2, 0) is 5.41 Å². The Bertz CT molecular complexity index is 388. The van der Waals surface area contributed by atoms with Gasteiger partial charge in [0, 0.05) is 4.88 Å². The van der Waals surface area contributed by atoms with Crippen LogP contribution in [0.4, 0.5) is 0 Å². The van der Waals surface area contributed by atoms with Crippen molar-refractivity contribution in [3.05, 3.63) is 21.3 Å². The topological polar surface area (TPSA) is 23.8 Å². The molecule has 1 heterocycles. The van der Waals surface area contributed by atoms with Crippen molar-refractivity contribution in [2.75, 3.05) is 0 Å². The maximum absolute atomic E-state index is 9.17. The average molecular weight is 212 g/mol. The van der Waals surface area contributed by atoms with Crippen molar-refractivity contribution in [2.45, 2.75) is 25.7 Å². The maximum Gasteiger partial charge on any atom is 0.0972 e. The van der Waals surface area contributed by atoms with Gasteiger partial charge in [-0.1, -0.05) is 25.4 Å². The SMILES string of the molecule is CC1(C)CC1(C#N)c1ccc(Cl)s1. The normalized spacial score (nSPS) is 29.7. The Morgan fingerprint density at radius 3 is 2.46 bits per heavy atom. The van der Waals surface area contributed by atoms with E-state index in [0.29, 0.717) is 0 Å². The molecule has 0 radical (unpaired) electrons. The first-order valence-corrected chi connectivity index (χ1v) is 5.38. The van der Waals surface area contributed by atoms with Crippen LogP contribution in [0.2, 0.25) is 4.34 Å². The molecular formula is C10H10ClNS. The molecule has 0 aliphatic heterocycles. The van der Waals surface area contributed by atoms with Crippen LogP contribution in [0.5, 0.6) is 0 Å². The fraction of sp³-hybridized carbons (Fsp3) is 0.500. The van der Waals surface area contributed by atoms with Crippen LogP contribution < -0.4 is 0 Å². The third-order valence-electron chi connectivity index (χ3n) is 2.92. The van der Waals surface area contributed by atoms with E-state index >= 15 is 0 Å². The molecular weight excluding hydrogens is 202 g/mol. The van der Waals surface area contributed by atoms with Gasteiger partial charge in [-0.3, -0.25) is 0 Å². The van der Waals surface area contributed by atoms with E-state index in [0.717, 1.165) is 15.6 Å². The fourth-order valence-corrected chi connectivity index (χ4v) is 3.19. The summed E-state index contributed by atoms with van der Waals surface area (Å²) in [5.74, 6) is 0. The second-order valence-electron chi connectivity index (χ2n) is 4.18. The second kappa shape index (κ2) is 2.50. The lowest BCUT2D eigenvalue weighted by molar-refractivity contribution is 0.575. The van der Waals surface area contributed by atoms with E-state index in [1.165, 1.54) is 11.3 Å². The summed E-state index contributed by atoms with van der Waals surface area (Å²) in [6.45, 7) is 4.26. The molecule has 0 spiro atoms. The van der Waals surface area contributed by atoms with Crippen molar-refractivity contribution < 1.29 is 0 Å². The van der Waals surface area contributed by atoms with Gasteiger partial charge >= 0.3 is 0 Å². The summed E-state index contributed by atoms with van der Waals surface area (Å²) in [4.78, 5) is 1.12. The van der Waals surface area contributed by atoms with Gasteiger partial charge in [0.05, 0.1) is 15.8 Å². The van der Waals surface area contributed by atoms with E-state index < -0.39 is 0 Å². The molecule has 68 valence electrons. The van der Waals surface area contributed by atoms with Gasteiger partial charge in [-0.05, 0) is 24.0 Å². The molecule has 1 aliphatic rings. The number of hydrogen-bond donors (Lipinski definition) is 0. The van der Waals surface area contributed by atoms with Crippen molar-refractivity contribution in [3.8, 4) is 6.07 Å². The molecule has 0 N–H and O–H groups in total. The maximum atomic E-state index is 9.17. The summed E-state index contributed by atoms with van der Waals surface area (Å²) < 4.78 is 0.771. The highest BCUT2D eigenvalue weighted by Gasteiger charge is 2.63. The van der Waals surface area contributed by atoms with Gasteiger partial charge in [-0.2, -0.15) is 5.26 Å². The number of halogens is 1. The molecule has 3 heteroatoms. The predicted octanol–water partition coefficient (Wildman–Crippen LogP) is 3.59. The zero-order valence-corrected chi connectivity index (χ0v) is 9.17. The molecule has 1 nitrogen and oxygen atoms in total. The molecule has 1 aliphatic carbocycles. The highest BCUT2D eigenvalue weighted by molar-refractivity contribution is 7.16. The molecule has 0 saturated heterocycles. The zero-order valence-electron chi connectivity index (χ0n) is 7.60. The molecule has 0 aromatic carbocycles. The summed E-state index contributed by atoms with van der Waals surface area (Å²) in [6, 6.07) is 6.27. The molecule has 1 fully saturated rings. The number of thiophene rings is 1. The Morgan fingerprint density at radius 2 is 2.15 bits per heavy atom. The van der Waals surface area contributed by atoms with Crippen molar-refractivity contribution in [2.24, 2.45) is 5.41 Å². The van der Waals surface area contributed by atoms with Crippen molar-refractivity contribution in [1.82, 2.24) is 0 Å². The van der Waals surface area contributed by atoms with Gasteiger partial charge in [-0.15, -0.1) is 11.3 Å². The summed E-state index contributed by atoms with van der Waals surface area (Å²) in [5.41, 5.74) is -0.138. The molecule has 1 saturated carbocycles. The van der Waals surface area contributed by atoms with Crippen LogP contribution in [0.1, 0.15) is 25.1 Å². The highest BCUT2D eigenvalue weighted by atomic mass is 35.5. The van der Waals surface area contributed by atoms with Gasteiger partial charge in [0.25, 0.3) is 0 Å². The number of nitrogens with zero attached hydrogens (tertiary/aromatic N) is 1. The van der Waals surface area contributed by atoms with E-state index in [1.54, 1.807) is 0 Å². The molecule has 1 aromatic rings. The third kappa shape index (κ3) is 1.11. The minimum absolute atomic E-state index is 0.121. The standard InChI is InChI=1S/C10H10ClNS/c1-9(2)5-10(9,6-12)7-3-4-8(11)13-7/h3-4H,5H2,1-2H3. The summed E-state index contributed by atoms with van der Waals surface area (Å²) >= 11 is 7.38. The lowest BCUT2D eigenvalue weighted by atomic mass is 9.96. The van der Waals surface area contributed by atoms with Crippen molar-refractivity contribution in [1.29, 1.82) is 5.26 Å². The van der Waals surface area contributed by atoms with Gasteiger partial charge < -0.3 is 0 Å². The molecule has 13 heavy (non-hydrogen) atoms. The number of nitriles is 1. The van der Waals surface area contributed by atoms with E-state index in [1.807, 2.05) is 12.1 Å². The van der Waals surface area contributed by atoms with E-state index in [4.69, 9.17) is 16.9 Å². The molecule has 1 unspecified atom stereocenters. The smallest absolute Gasteiger partial charge is 0.0972 e. The Morgan fingerprint density at radius 1 is 1.54 bits per heavy atom. The minimum atomic E-state index is -0.259. The van der Waals surface area contributed by atoms with Gasteiger partial charge in [0.2, 0.25) is 0 Å². The van der Waals surface area contributed by atoms with Crippen molar-refractivity contribution in [3.63, 3.8) is 0 Å². The van der Waals surface area contributed by atoms with Crippen LogP contribution >= 0.6 is 22.9 Å². The van der Waals surface area contributed by atoms with Crippen molar-refractivity contribution >= 4 is 22.9 Å². The summed E-state index contributed by atoms with van der Waals surface area (Å²) in [5, 5.41) is 9.17. The van der Waals surface area contributed by atoms with Crippen LogP contribution in [0.3, 0.4) is 0 Å². The lowest BCUT2D eigenvalue weighted by Crippen LogP contribution is -2.09. The van der Waals surface area contributed by atoms with Gasteiger partial charge in [-0.25, -0.2) is 0 Å². The van der Waals surface area contributed by atoms with Gasteiger partial charge in [0.15, 0.2) is 0 Å². The first-order valence-electron chi connectivity index (χ1n) is 4.19. The first kappa shape index (κ1) is 9.05. The summed E-state index contributed by atoms with van der Waals surface area (Å²) in [6.07, 6.45) is 0.952. The van der Waals surface area contributed by atoms with Crippen LogP contribution in [0, 0.1) is 16.7 Å². The summed E-state index contributed by atoms with van der Waals surface area (Å²) in [7, 11) is 0. The highest BCUT2D eigenvalue weighted by Crippen LogP contribution is 2.65. The van der Waals surface area contributed by atoms with E-state index in [-0.39, 0.29) is 10.8 Å². The molecule has 1 aromatic heterocycles. The Hall–Kier alpha value is -0.520. The molecule has 0 amide bonds. The minimum Gasteiger partial charge on any atom is -0.197 e. The lowest BCUT2D eigenvalue weighted by Gasteiger charge is -2.08. The number of hydrogen-bond acceptors (Lipinski definition) is 2. The number of rotatable bonds is 1. The first-order chi connectivity index (χ1) is 6.02. The van der Waals surface area contributed by atoms with E-state index in [9.17, 15) is 0 Å². The molecule has 2 rings (SSSR count). The van der Waals surface area contributed by atoms with Crippen LogP contribution in [-0.4, -0.2) is 0 Å². The quantitative estimate of drug-likeness (QED) is 0.697. The second-order valence-corrected chi connectivity index (χ2v) is 5.90. The monoisotopic (exact) mass is 211 g/mol. The molecule has 0 bridgehead atoms. The van der Waals surface area contributed by atoms with Gasteiger partial charge in [0.1, 0.15) is 0 Å². The largest absolute Gasteiger partial charge is 0.197 e.